The van der Waals surface area contributed by atoms with Crippen LogP contribution in [-0.4, -0.2) is 148 Å². The summed E-state index contributed by atoms with van der Waals surface area (Å²) in [6.07, 6.45) is 13.6. The highest BCUT2D eigenvalue weighted by molar-refractivity contribution is 5.94. The molecule has 5 fully saturated rings. The Morgan fingerprint density at radius 3 is 2.09 bits per heavy atom. The molecule has 5 heterocycles. The van der Waals surface area contributed by atoms with Crippen LogP contribution in [0.2, 0.25) is 0 Å². The molecule has 2 aromatic heterocycles. The molecule has 53 heavy (non-hydrogen) atoms. The van der Waals surface area contributed by atoms with Crippen LogP contribution in [0.1, 0.15) is 75.1 Å². The molecule has 2 amide bonds. The summed E-state index contributed by atoms with van der Waals surface area (Å²) in [5, 5.41) is 14.3. The van der Waals surface area contributed by atoms with Gasteiger partial charge in [-0.25, -0.2) is 9.78 Å². The van der Waals surface area contributed by atoms with E-state index in [4.69, 9.17) is 4.74 Å². The van der Waals surface area contributed by atoms with Gasteiger partial charge in [0.25, 0.3) is 0 Å². The van der Waals surface area contributed by atoms with Gasteiger partial charge >= 0.3 is 5.97 Å². The Morgan fingerprint density at radius 1 is 0.849 bits per heavy atom. The van der Waals surface area contributed by atoms with Crippen molar-refractivity contribution in [3.8, 4) is 0 Å². The van der Waals surface area contributed by atoms with Crippen molar-refractivity contribution in [2.24, 2.45) is 24.8 Å². The maximum Gasteiger partial charge on any atom is 0.343 e. The number of rotatable bonds is 11. The third-order valence-corrected chi connectivity index (χ3v) is 12.2. The highest BCUT2D eigenvalue weighted by Crippen LogP contribution is 2.33. The van der Waals surface area contributed by atoms with Crippen molar-refractivity contribution >= 4 is 35.2 Å². The van der Waals surface area contributed by atoms with E-state index in [2.05, 4.69) is 50.6 Å². The molecule has 0 spiro atoms. The highest BCUT2D eigenvalue weighted by Gasteiger charge is 2.37. The molecule has 0 aromatic carbocycles. The number of hydrogen-bond acceptors (Lipinski definition) is 12. The molecule has 290 valence electrons. The summed E-state index contributed by atoms with van der Waals surface area (Å²) in [4.78, 5) is 58.0. The van der Waals surface area contributed by atoms with E-state index < -0.39 is 5.97 Å². The summed E-state index contributed by atoms with van der Waals surface area (Å²) in [5.74, 6) is 1.89. The zero-order valence-corrected chi connectivity index (χ0v) is 31.7. The largest absolute Gasteiger partial charge is 0.462 e. The summed E-state index contributed by atoms with van der Waals surface area (Å²) in [6, 6.07) is 0.653. The number of nitrogens with one attached hydrogen (secondary N) is 3. The standard InChI is InChI=1S/C38H59N11O4/c1-3-53-37(52)33-24-40-38(43-31-23-41-45(2)26-31)44-34(33)42-30-8-10-32(11-9-30)47-18-20-49(21-19-47)36(51)29-6-4-28(5-7-29)35(50)48-16-14-46(15-17-48)25-27-12-13-39-22-27/h23-24,26-30,32,39H,3-22,25H2,1-2H3,(H2,40,42,43,44)/t27-,28?,29?,30?,32?/m0/s1. The fraction of sp³-hybridized carbons (Fsp3) is 0.737. The van der Waals surface area contributed by atoms with Crippen molar-refractivity contribution in [1.29, 1.82) is 0 Å². The molecule has 15 nitrogen and oxygen atoms in total. The number of nitrogens with zero attached hydrogens (tertiary/aromatic N) is 8. The average molecular weight is 734 g/mol. The van der Waals surface area contributed by atoms with Crippen molar-refractivity contribution in [1.82, 2.24) is 44.7 Å². The predicted molar refractivity (Wildman–Crippen MR) is 202 cm³/mol. The number of hydrogen-bond donors (Lipinski definition) is 3. The van der Waals surface area contributed by atoms with Gasteiger partial charge in [-0.2, -0.15) is 10.1 Å². The molecule has 1 atom stereocenters. The molecule has 7 rings (SSSR count). The quantitative estimate of drug-likeness (QED) is 0.291. The fourth-order valence-electron chi connectivity index (χ4n) is 9.10. The maximum absolute atomic E-state index is 13.6. The molecule has 2 saturated carbocycles. The fourth-order valence-corrected chi connectivity index (χ4v) is 9.10. The van der Waals surface area contributed by atoms with Gasteiger partial charge in [0, 0.05) is 102 Å². The van der Waals surface area contributed by atoms with E-state index in [1.165, 1.54) is 12.6 Å². The number of carbonyl (C=O) groups is 3. The van der Waals surface area contributed by atoms with E-state index in [-0.39, 0.29) is 30.4 Å². The number of esters is 1. The topological polar surface area (TPSA) is 153 Å². The van der Waals surface area contributed by atoms with Gasteiger partial charge < -0.3 is 30.5 Å². The second-order valence-electron chi connectivity index (χ2n) is 15.7. The van der Waals surface area contributed by atoms with E-state index in [0.29, 0.717) is 29.3 Å². The zero-order chi connectivity index (χ0) is 36.7. The van der Waals surface area contributed by atoms with Crippen molar-refractivity contribution < 1.29 is 19.1 Å². The number of aromatic nitrogens is 4. The molecule has 3 N–H and O–H groups in total. The Morgan fingerprint density at radius 2 is 1.51 bits per heavy atom. The number of aryl methyl sites for hydroxylation is 1. The molecule has 0 radical (unpaired) electrons. The van der Waals surface area contributed by atoms with Crippen LogP contribution in [0.3, 0.4) is 0 Å². The molecule has 2 aromatic rings. The number of amides is 2. The van der Waals surface area contributed by atoms with Crippen LogP contribution >= 0.6 is 0 Å². The first-order valence-corrected chi connectivity index (χ1v) is 20.1. The van der Waals surface area contributed by atoms with E-state index in [9.17, 15) is 14.4 Å². The maximum atomic E-state index is 13.6. The Hall–Kier alpha value is -3.82. The molecule has 0 unspecified atom stereocenters. The average Bonchev–Trinajstić information content (AvgIpc) is 3.86. The number of carbonyl (C=O) groups excluding carboxylic acids is 3. The van der Waals surface area contributed by atoms with Gasteiger partial charge in [-0.1, -0.05) is 0 Å². The van der Waals surface area contributed by atoms with Gasteiger partial charge in [0.15, 0.2) is 0 Å². The third kappa shape index (κ3) is 9.47. The molecule has 3 aliphatic heterocycles. The second kappa shape index (κ2) is 17.5. The lowest BCUT2D eigenvalue weighted by Crippen LogP contribution is -2.54. The summed E-state index contributed by atoms with van der Waals surface area (Å²) >= 11 is 0. The second-order valence-corrected chi connectivity index (χ2v) is 15.7. The predicted octanol–water partition coefficient (Wildman–Crippen LogP) is 2.56. The van der Waals surface area contributed by atoms with Gasteiger partial charge in [0.1, 0.15) is 11.4 Å². The minimum atomic E-state index is -0.442. The molecule has 2 aliphatic carbocycles. The number of ether oxygens (including phenoxy) is 1. The lowest BCUT2D eigenvalue weighted by molar-refractivity contribution is -0.143. The molecular formula is C38H59N11O4. The van der Waals surface area contributed by atoms with Crippen molar-refractivity contribution in [2.75, 3.05) is 89.2 Å². The van der Waals surface area contributed by atoms with Crippen molar-refractivity contribution in [3.05, 3.63) is 24.2 Å². The molecule has 15 heteroatoms. The van der Waals surface area contributed by atoms with Gasteiger partial charge in [0.2, 0.25) is 17.8 Å². The van der Waals surface area contributed by atoms with Gasteiger partial charge in [-0.15, -0.1) is 0 Å². The first-order valence-electron chi connectivity index (χ1n) is 20.1. The van der Waals surface area contributed by atoms with Gasteiger partial charge in [-0.3, -0.25) is 24.1 Å². The summed E-state index contributed by atoms with van der Waals surface area (Å²) < 4.78 is 6.98. The summed E-state index contributed by atoms with van der Waals surface area (Å²) in [6.45, 7) is 12.4. The molecule has 0 bridgehead atoms. The first kappa shape index (κ1) is 37.5. The van der Waals surface area contributed by atoms with E-state index >= 15 is 0 Å². The monoisotopic (exact) mass is 733 g/mol. The van der Waals surface area contributed by atoms with Crippen LogP contribution in [-0.2, 0) is 21.4 Å². The summed E-state index contributed by atoms with van der Waals surface area (Å²) in [5.41, 5.74) is 1.09. The Kier molecular flexibility index (Phi) is 12.4. The Bertz CT molecular complexity index is 1530. The van der Waals surface area contributed by atoms with Crippen LogP contribution in [0.4, 0.5) is 17.5 Å². The van der Waals surface area contributed by atoms with Crippen molar-refractivity contribution in [2.45, 2.75) is 76.8 Å². The lowest BCUT2D eigenvalue weighted by atomic mass is 9.80. The Labute approximate surface area is 313 Å². The van der Waals surface area contributed by atoms with Gasteiger partial charge in [-0.05, 0) is 83.7 Å². The molecule has 3 saturated heterocycles. The molecule has 5 aliphatic rings. The van der Waals surface area contributed by atoms with E-state index in [1.54, 1.807) is 17.8 Å². The van der Waals surface area contributed by atoms with E-state index in [0.717, 1.165) is 135 Å². The smallest absolute Gasteiger partial charge is 0.343 e. The van der Waals surface area contributed by atoms with Crippen LogP contribution < -0.4 is 16.0 Å². The highest BCUT2D eigenvalue weighted by atomic mass is 16.5. The normalized spacial score (nSPS) is 27.4. The summed E-state index contributed by atoms with van der Waals surface area (Å²) in [7, 11) is 1.84. The van der Waals surface area contributed by atoms with Gasteiger partial charge in [0.05, 0.1) is 18.5 Å². The minimum absolute atomic E-state index is 0.0466. The lowest BCUT2D eigenvalue weighted by Gasteiger charge is -2.43. The van der Waals surface area contributed by atoms with E-state index in [1.807, 2.05) is 13.2 Å². The van der Waals surface area contributed by atoms with Crippen LogP contribution in [0, 0.1) is 17.8 Å². The van der Waals surface area contributed by atoms with Crippen molar-refractivity contribution in [3.63, 3.8) is 0 Å². The minimum Gasteiger partial charge on any atom is -0.462 e. The first-order chi connectivity index (χ1) is 25.8. The number of anilines is 3. The van der Waals surface area contributed by atoms with Crippen LogP contribution in [0.25, 0.3) is 0 Å². The number of piperazine rings is 2. The molecular weight excluding hydrogens is 674 g/mol. The van der Waals surface area contributed by atoms with Crippen LogP contribution in [0.15, 0.2) is 18.6 Å². The third-order valence-electron chi connectivity index (χ3n) is 12.2. The Balaban J connectivity index is 0.826. The van der Waals surface area contributed by atoms with Crippen LogP contribution in [0.5, 0.6) is 0 Å². The SMILES string of the molecule is CCOC(=O)c1cnc(Nc2cnn(C)c2)nc1NC1CCC(N2CCN(C(=O)C3CCC(C(=O)N4CCN(C[C@H]5CCNC5)CC4)CC3)CC2)CC1. The zero-order valence-electron chi connectivity index (χ0n) is 31.7.